The van der Waals surface area contributed by atoms with Crippen molar-refractivity contribution >= 4 is 0 Å². The highest BCUT2D eigenvalue weighted by Gasteiger charge is 2.64. The van der Waals surface area contributed by atoms with E-state index >= 15 is 0 Å². The van der Waals surface area contributed by atoms with Crippen LogP contribution in [0.15, 0.2) is 0 Å². The van der Waals surface area contributed by atoms with Gasteiger partial charge in [-0.1, -0.05) is 0 Å². The molecule has 0 spiro atoms. The van der Waals surface area contributed by atoms with E-state index in [4.69, 9.17) is 5.11 Å². The van der Waals surface area contributed by atoms with Crippen LogP contribution < -0.4 is 9.80 Å². The summed E-state index contributed by atoms with van der Waals surface area (Å²) in [5, 5.41) is 39.0. The van der Waals surface area contributed by atoms with Crippen LogP contribution in [0.25, 0.3) is 0 Å². The van der Waals surface area contributed by atoms with E-state index in [9.17, 15) is 15.3 Å². The van der Waals surface area contributed by atoms with Crippen molar-refractivity contribution in [2.75, 3.05) is 32.8 Å². The molecule has 6 N–H and O–H groups in total. The van der Waals surface area contributed by atoms with E-state index in [1.807, 2.05) is 0 Å². The Balaban J connectivity index is 1.80. The highest BCUT2D eigenvalue weighted by molar-refractivity contribution is 4.94. The zero-order chi connectivity index (χ0) is 14.7. The maximum Gasteiger partial charge on any atom is 0.242 e. The number of piperidine rings is 2. The Morgan fingerprint density at radius 1 is 1.00 bits per heavy atom. The molecule has 4 fully saturated rings. The second kappa shape index (κ2) is 4.63. The zero-order valence-electron chi connectivity index (χ0n) is 12.3. The van der Waals surface area contributed by atoms with Crippen molar-refractivity contribution in [3.05, 3.63) is 0 Å². The van der Waals surface area contributed by atoms with Gasteiger partial charge in [0.15, 0.2) is 6.10 Å². The summed E-state index contributed by atoms with van der Waals surface area (Å²) in [4.78, 5) is 2.68. The van der Waals surface area contributed by atoms with Gasteiger partial charge in [0.2, 0.25) is 6.17 Å². The van der Waals surface area contributed by atoms with E-state index in [2.05, 4.69) is 13.8 Å². The molecule has 4 aliphatic rings. The third-order valence-corrected chi connectivity index (χ3v) is 5.62. The lowest BCUT2D eigenvalue weighted by molar-refractivity contribution is -1.18. The van der Waals surface area contributed by atoms with Crippen LogP contribution in [0, 0.1) is 10.8 Å². The predicted octanol–water partition coefficient (Wildman–Crippen LogP) is -4.40. The molecular formula is C14H28N2O4+2. The molecule has 0 aromatic carbocycles. The van der Waals surface area contributed by atoms with Crippen molar-refractivity contribution in [1.29, 1.82) is 0 Å². The molecule has 6 nitrogen and oxygen atoms in total. The maximum atomic E-state index is 10.5. The average molecular weight is 288 g/mol. The van der Waals surface area contributed by atoms with Crippen molar-refractivity contribution in [2.24, 2.45) is 10.8 Å². The SMILES string of the molecule is CC12C[NH+]3CC(C)(C[NH+](C1)C3[C@H](O)[C@@H](O)[C@H](O)CO)C2. The number of nitrogens with one attached hydrogen (secondary N) is 2. The monoisotopic (exact) mass is 288 g/mol. The predicted molar refractivity (Wildman–Crippen MR) is 71.1 cm³/mol. The molecule has 4 rings (SSSR count). The van der Waals surface area contributed by atoms with Crippen molar-refractivity contribution < 1.29 is 30.2 Å². The Morgan fingerprint density at radius 2 is 1.45 bits per heavy atom. The molecule has 116 valence electrons. The van der Waals surface area contributed by atoms with Crippen molar-refractivity contribution in [3.8, 4) is 0 Å². The molecule has 4 heterocycles. The number of aliphatic hydroxyl groups is 4. The van der Waals surface area contributed by atoms with Gasteiger partial charge in [0, 0.05) is 0 Å². The van der Waals surface area contributed by atoms with Gasteiger partial charge in [0.1, 0.15) is 12.2 Å². The fourth-order valence-electron chi connectivity index (χ4n) is 5.47. The fraction of sp³-hybridized carbons (Fsp3) is 1.00. The number of hydrogen-bond acceptors (Lipinski definition) is 4. The first-order valence-electron chi connectivity index (χ1n) is 7.61. The summed E-state index contributed by atoms with van der Waals surface area (Å²) in [5.41, 5.74) is 0.652. The molecule has 0 aromatic heterocycles. The number of aliphatic hydroxyl groups excluding tert-OH is 4. The molecule has 20 heavy (non-hydrogen) atoms. The topological polar surface area (TPSA) is 89.8 Å². The first-order valence-corrected chi connectivity index (χ1v) is 7.61. The van der Waals surface area contributed by atoms with Crippen LogP contribution in [0.1, 0.15) is 20.3 Å². The molecule has 4 bridgehead atoms. The van der Waals surface area contributed by atoms with Gasteiger partial charge < -0.3 is 20.4 Å². The van der Waals surface area contributed by atoms with E-state index < -0.39 is 24.9 Å². The molecule has 0 amide bonds. The molecule has 0 aromatic rings. The largest absolute Gasteiger partial charge is 0.394 e. The van der Waals surface area contributed by atoms with Crippen LogP contribution in [-0.4, -0.2) is 77.7 Å². The van der Waals surface area contributed by atoms with Crippen LogP contribution >= 0.6 is 0 Å². The third kappa shape index (κ3) is 2.19. The van der Waals surface area contributed by atoms with Gasteiger partial charge in [0.25, 0.3) is 0 Å². The van der Waals surface area contributed by atoms with Gasteiger partial charge in [-0.15, -0.1) is 0 Å². The van der Waals surface area contributed by atoms with Gasteiger partial charge >= 0.3 is 0 Å². The van der Waals surface area contributed by atoms with Crippen LogP contribution in [0.3, 0.4) is 0 Å². The first kappa shape index (κ1) is 14.7. The Hall–Kier alpha value is -0.240. The van der Waals surface area contributed by atoms with E-state index in [1.54, 1.807) is 0 Å². The first-order chi connectivity index (χ1) is 9.27. The molecule has 4 aliphatic heterocycles. The van der Waals surface area contributed by atoms with Crippen LogP contribution in [-0.2, 0) is 0 Å². The third-order valence-electron chi connectivity index (χ3n) is 5.62. The minimum absolute atomic E-state index is 0.0901. The molecule has 0 aliphatic carbocycles. The normalized spacial score (nSPS) is 51.0. The van der Waals surface area contributed by atoms with Crippen LogP contribution in [0.2, 0.25) is 0 Å². The molecule has 0 saturated carbocycles. The molecule has 3 atom stereocenters. The van der Waals surface area contributed by atoms with E-state index in [0.29, 0.717) is 10.8 Å². The van der Waals surface area contributed by atoms with E-state index in [0.717, 1.165) is 26.2 Å². The highest BCUT2D eigenvalue weighted by atomic mass is 16.4. The lowest BCUT2D eigenvalue weighted by atomic mass is 9.63. The quantitative estimate of drug-likeness (QED) is 0.315. The molecule has 4 saturated heterocycles. The average Bonchev–Trinajstić information content (AvgIpc) is 2.32. The molecule has 0 unspecified atom stereocenters. The highest BCUT2D eigenvalue weighted by Crippen LogP contribution is 2.38. The molecule has 6 heteroatoms. The summed E-state index contributed by atoms with van der Waals surface area (Å²) in [6.07, 6.45) is -2.38. The van der Waals surface area contributed by atoms with Gasteiger partial charge in [-0.2, -0.15) is 0 Å². The van der Waals surface area contributed by atoms with E-state index in [1.165, 1.54) is 16.2 Å². The van der Waals surface area contributed by atoms with Crippen molar-refractivity contribution in [2.45, 2.75) is 44.7 Å². The van der Waals surface area contributed by atoms with Crippen LogP contribution in [0.5, 0.6) is 0 Å². The van der Waals surface area contributed by atoms with Gasteiger partial charge in [-0.25, -0.2) is 0 Å². The van der Waals surface area contributed by atoms with Crippen molar-refractivity contribution in [3.63, 3.8) is 0 Å². The Labute approximate surface area is 119 Å². The second-order valence-electron chi connectivity index (χ2n) is 8.03. The summed E-state index contributed by atoms with van der Waals surface area (Å²) in [6.45, 7) is 8.22. The van der Waals surface area contributed by atoms with Gasteiger partial charge in [0.05, 0.1) is 43.6 Å². The Kier molecular flexibility index (Phi) is 3.40. The molecular weight excluding hydrogens is 260 g/mol. The number of rotatable bonds is 4. The number of hydrogen-bond donors (Lipinski definition) is 6. The van der Waals surface area contributed by atoms with Crippen molar-refractivity contribution in [1.82, 2.24) is 0 Å². The Bertz CT molecular complexity index is 355. The lowest BCUT2D eigenvalue weighted by Crippen LogP contribution is -3.45. The zero-order valence-corrected chi connectivity index (χ0v) is 12.3. The summed E-state index contributed by atoms with van der Waals surface area (Å²) >= 11 is 0. The Morgan fingerprint density at radius 3 is 1.85 bits per heavy atom. The summed E-state index contributed by atoms with van der Waals surface area (Å²) in [6, 6.07) is 0. The number of quaternary nitrogens is 2. The standard InChI is InChI=1S/C14H26N2O4/c1-13-4-14(2)7-15(5-13)12(16(6-13)8-14)11(20)10(19)9(18)3-17/h9-12,17-20H,3-8H2,1-2H3/p+2/t9-,10+,11-,12?,13?,14?/m1/s1. The van der Waals surface area contributed by atoms with E-state index in [-0.39, 0.29) is 6.17 Å². The second-order valence-corrected chi connectivity index (χ2v) is 8.03. The molecule has 0 radical (unpaired) electrons. The lowest BCUT2D eigenvalue weighted by Gasteiger charge is -2.61. The summed E-state index contributed by atoms with van der Waals surface area (Å²) in [7, 11) is 0. The van der Waals surface area contributed by atoms with Gasteiger partial charge in [-0.05, 0) is 20.3 Å². The van der Waals surface area contributed by atoms with Gasteiger partial charge in [-0.3, -0.25) is 9.80 Å². The van der Waals surface area contributed by atoms with Crippen LogP contribution in [0.4, 0.5) is 0 Å². The minimum Gasteiger partial charge on any atom is -0.394 e. The minimum atomic E-state index is -1.27. The maximum absolute atomic E-state index is 10.5. The summed E-state index contributed by atoms with van der Waals surface area (Å²) in [5.74, 6) is 0. The smallest absolute Gasteiger partial charge is 0.242 e. The fourth-order valence-corrected chi connectivity index (χ4v) is 5.47. The summed E-state index contributed by atoms with van der Waals surface area (Å²) < 4.78 is 0.